The quantitative estimate of drug-likeness (QED) is 0.0276. The molecule has 0 spiro atoms. The molecule has 2 rings (SSSR count). The van der Waals surface area contributed by atoms with E-state index in [2.05, 4.69) is 41.1 Å². The Morgan fingerprint density at radius 1 is 0.687 bits per heavy atom. The number of carboxylic acids is 2. The minimum absolute atomic E-state index is 0.00623. The number of thiophene rings is 1. The van der Waals surface area contributed by atoms with Gasteiger partial charge < -0.3 is 38.8 Å². The van der Waals surface area contributed by atoms with Gasteiger partial charge in [0, 0.05) is 18.8 Å². The van der Waals surface area contributed by atoms with Crippen molar-refractivity contribution in [3.8, 4) is 12.1 Å². The van der Waals surface area contributed by atoms with Crippen molar-refractivity contribution >= 4 is 51.6 Å². The fourth-order valence-corrected chi connectivity index (χ4v) is 7.50. The van der Waals surface area contributed by atoms with Crippen LogP contribution in [-0.2, 0) is 42.9 Å². The van der Waals surface area contributed by atoms with E-state index in [4.69, 9.17) is 23.7 Å². The Hall–Kier alpha value is -5.46. The van der Waals surface area contributed by atoms with Gasteiger partial charge in [0.05, 0.1) is 75.6 Å². The number of benzene rings is 1. The highest BCUT2D eigenvalue weighted by atomic mass is 32.1. The molecule has 0 saturated heterocycles. The molecule has 16 nitrogen and oxygen atoms in total. The van der Waals surface area contributed by atoms with Crippen molar-refractivity contribution in [2.75, 3.05) is 70.8 Å². The van der Waals surface area contributed by atoms with Gasteiger partial charge in [-0.3, -0.25) is 19.2 Å². The Bertz CT molecular complexity index is 1970. The monoisotopic (exact) mass is 949 g/mol. The molecule has 1 aromatic carbocycles. The molecular weight excluding hydrogens is 879 g/mol. The molecule has 0 radical (unpaired) electrons. The SMILES string of the molecule is CCCCC/C=C/CC(CC(=O)OCCOCCN(CCOCCOCCOC(=O)CC(C/C=C/CCCCCCC)C(=O)O)c1ccc(N=Nc2sc(C#N)c(C)c2C#N)c(C)c1)C(=O)O. The zero-order chi connectivity index (χ0) is 49.1. The van der Waals surface area contributed by atoms with E-state index < -0.39 is 35.7 Å². The molecule has 0 saturated carbocycles. The van der Waals surface area contributed by atoms with Gasteiger partial charge in [0.2, 0.25) is 0 Å². The number of rotatable bonds is 38. The highest BCUT2D eigenvalue weighted by molar-refractivity contribution is 7.16. The molecule has 0 amide bonds. The van der Waals surface area contributed by atoms with Crippen LogP contribution in [-0.4, -0.2) is 100 Å². The van der Waals surface area contributed by atoms with E-state index in [1.165, 1.54) is 19.3 Å². The van der Waals surface area contributed by atoms with Crippen LogP contribution in [0.1, 0.15) is 125 Å². The Kier molecular flexibility index (Phi) is 30.7. The number of unbranched alkanes of at least 4 members (excludes halogenated alkanes) is 8. The van der Waals surface area contributed by atoms with E-state index in [-0.39, 0.29) is 71.9 Å². The van der Waals surface area contributed by atoms with Crippen LogP contribution in [0.25, 0.3) is 0 Å². The Morgan fingerprint density at radius 3 is 1.70 bits per heavy atom. The molecule has 2 N–H and O–H groups in total. The lowest BCUT2D eigenvalue weighted by atomic mass is 10.0. The van der Waals surface area contributed by atoms with Crippen molar-refractivity contribution in [3.63, 3.8) is 0 Å². The van der Waals surface area contributed by atoms with E-state index in [1.54, 1.807) is 6.92 Å². The van der Waals surface area contributed by atoms with Crippen LogP contribution >= 0.6 is 11.3 Å². The zero-order valence-corrected chi connectivity index (χ0v) is 40.7. The summed E-state index contributed by atoms with van der Waals surface area (Å²) in [6, 6.07) is 9.82. The van der Waals surface area contributed by atoms with Crippen LogP contribution in [0, 0.1) is 48.3 Å². The number of nitrogens with zero attached hydrogens (tertiary/aromatic N) is 5. The average molecular weight is 950 g/mol. The number of allylic oxidation sites excluding steroid dienone is 4. The molecule has 0 aliphatic heterocycles. The number of carbonyl (C=O) groups excluding carboxylic acids is 2. The molecular formula is C50H71N5O11S. The van der Waals surface area contributed by atoms with Gasteiger partial charge in [-0.2, -0.15) is 10.5 Å². The largest absolute Gasteiger partial charge is 0.481 e. The summed E-state index contributed by atoms with van der Waals surface area (Å²) >= 11 is 1.11. The topological polar surface area (TPSA) is 230 Å². The van der Waals surface area contributed by atoms with Crippen LogP contribution < -0.4 is 4.90 Å². The maximum atomic E-state index is 12.4. The van der Waals surface area contributed by atoms with Crippen molar-refractivity contribution in [3.05, 3.63) is 64.1 Å². The first kappa shape index (κ1) is 57.7. The molecule has 0 aliphatic rings. The van der Waals surface area contributed by atoms with Crippen molar-refractivity contribution in [1.29, 1.82) is 10.5 Å². The van der Waals surface area contributed by atoms with Gasteiger partial charge in [-0.05, 0) is 81.7 Å². The third-order valence-electron chi connectivity index (χ3n) is 10.6. The number of nitriles is 2. The van der Waals surface area contributed by atoms with Gasteiger partial charge in [0.15, 0.2) is 5.00 Å². The summed E-state index contributed by atoms with van der Waals surface area (Å²) in [5.41, 5.74) is 3.15. The molecule has 1 aromatic heterocycles. The van der Waals surface area contributed by atoms with Gasteiger partial charge in [0.25, 0.3) is 0 Å². The lowest BCUT2D eigenvalue weighted by Crippen LogP contribution is -2.31. The summed E-state index contributed by atoms with van der Waals surface area (Å²) in [4.78, 5) is 50.6. The summed E-state index contributed by atoms with van der Waals surface area (Å²) in [6.07, 6.45) is 18.6. The number of aryl methyl sites for hydroxylation is 1. The molecule has 2 unspecified atom stereocenters. The van der Waals surface area contributed by atoms with E-state index in [0.29, 0.717) is 46.4 Å². The fraction of sp³-hybridized carbons (Fsp3) is 0.600. The number of hydrogen-bond donors (Lipinski definition) is 2. The maximum absolute atomic E-state index is 12.4. The molecule has 0 fully saturated rings. The van der Waals surface area contributed by atoms with Crippen LogP contribution in [0.2, 0.25) is 0 Å². The van der Waals surface area contributed by atoms with Crippen molar-refractivity contribution in [1.82, 2.24) is 0 Å². The minimum Gasteiger partial charge on any atom is -0.481 e. The van der Waals surface area contributed by atoms with E-state index in [1.807, 2.05) is 49.4 Å². The highest BCUT2D eigenvalue weighted by Crippen LogP contribution is 2.36. The van der Waals surface area contributed by atoms with Crippen molar-refractivity contribution in [2.45, 2.75) is 118 Å². The molecule has 2 aromatic rings. The number of aliphatic carboxylic acids is 2. The summed E-state index contributed by atoms with van der Waals surface area (Å²) in [5, 5.41) is 47.2. The first-order chi connectivity index (χ1) is 32.4. The Labute approximate surface area is 400 Å². The summed E-state index contributed by atoms with van der Waals surface area (Å²) in [6.45, 7) is 10.1. The van der Waals surface area contributed by atoms with E-state index in [9.17, 15) is 39.9 Å². The molecule has 17 heteroatoms. The van der Waals surface area contributed by atoms with Gasteiger partial charge in [0.1, 0.15) is 30.2 Å². The number of hydrogen-bond acceptors (Lipinski definition) is 15. The number of carboxylic acid groups (broad SMARTS) is 2. The summed E-state index contributed by atoms with van der Waals surface area (Å²) in [7, 11) is 0. The van der Waals surface area contributed by atoms with E-state index in [0.717, 1.165) is 67.5 Å². The smallest absolute Gasteiger partial charge is 0.307 e. The predicted octanol–water partition coefficient (Wildman–Crippen LogP) is 10.5. The van der Waals surface area contributed by atoms with Crippen LogP contribution in [0.5, 0.6) is 0 Å². The van der Waals surface area contributed by atoms with Gasteiger partial charge >= 0.3 is 23.9 Å². The number of azo groups is 1. The van der Waals surface area contributed by atoms with Crippen LogP contribution in [0.3, 0.4) is 0 Å². The number of carbonyl (C=O) groups is 4. The zero-order valence-electron chi connectivity index (χ0n) is 39.9. The second kappa shape index (κ2) is 35.7. The molecule has 0 aliphatic carbocycles. The number of esters is 2. The third-order valence-corrected chi connectivity index (χ3v) is 11.7. The van der Waals surface area contributed by atoms with Crippen LogP contribution in [0.15, 0.2) is 52.7 Å². The second-order valence-corrected chi connectivity index (χ2v) is 17.0. The minimum atomic E-state index is -1.04. The predicted molar refractivity (Wildman–Crippen MR) is 257 cm³/mol. The Balaban J connectivity index is 1.88. The van der Waals surface area contributed by atoms with Crippen molar-refractivity contribution in [2.24, 2.45) is 22.1 Å². The van der Waals surface area contributed by atoms with Crippen molar-refractivity contribution < 1.29 is 53.1 Å². The van der Waals surface area contributed by atoms with E-state index >= 15 is 0 Å². The second-order valence-electron chi connectivity index (χ2n) is 16.0. The third kappa shape index (κ3) is 24.8. The molecule has 67 heavy (non-hydrogen) atoms. The normalized spacial score (nSPS) is 12.3. The highest BCUT2D eigenvalue weighted by Gasteiger charge is 2.22. The Morgan fingerprint density at radius 2 is 1.19 bits per heavy atom. The standard InChI is InChI=1S/C50H71N5O11S/c1-5-7-9-11-13-14-16-18-20-41(50(60)61)35-47(57)66-32-30-64-28-27-62-25-23-55(24-26-63-29-31-65-46(56)34-40(49(58)59)19-17-15-12-10-8-6-2)42-21-22-44(38(3)33-42)53-54-48-43(36-51)39(4)45(37-52)67-48/h15-18,21-22,33,40-41H,5-14,19-20,23-32,34-35H2,1-4H3,(H,58,59)(H,60,61)/b17-15+,18-16+,54-53?. The van der Waals surface area contributed by atoms with Gasteiger partial charge in [-0.25, -0.2) is 0 Å². The van der Waals surface area contributed by atoms with Gasteiger partial charge in [-0.1, -0.05) is 76.7 Å². The molecule has 2 atom stereocenters. The lowest BCUT2D eigenvalue weighted by Gasteiger charge is -2.25. The first-order valence-corrected chi connectivity index (χ1v) is 24.3. The maximum Gasteiger partial charge on any atom is 0.307 e. The fourth-order valence-electron chi connectivity index (χ4n) is 6.62. The van der Waals surface area contributed by atoms with Crippen LogP contribution in [0.4, 0.5) is 16.4 Å². The molecule has 0 bridgehead atoms. The lowest BCUT2D eigenvalue weighted by molar-refractivity contribution is -0.152. The molecule has 368 valence electrons. The number of ether oxygens (including phenoxy) is 5. The van der Waals surface area contributed by atoms with Gasteiger partial charge in [-0.15, -0.1) is 21.6 Å². The average Bonchev–Trinajstić information content (AvgIpc) is 3.62. The summed E-state index contributed by atoms with van der Waals surface area (Å²) < 4.78 is 27.7. The first-order valence-electron chi connectivity index (χ1n) is 23.5. The summed E-state index contributed by atoms with van der Waals surface area (Å²) in [5.74, 6) is -4.96. The number of anilines is 1. The molecule has 1 heterocycles.